The number of hydrogen-bond donors (Lipinski definition) is 1. The molecule has 0 saturated heterocycles. The summed E-state index contributed by atoms with van der Waals surface area (Å²) in [6.45, 7) is 6.62. The maximum atomic E-state index is 13.7. The zero-order valence-electron chi connectivity index (χ0n) is 19.2. The van der Waals surface area contributed by atoms with Gasteiger partial charge >= 0.3 is 0 Å². The molecule has 5 heteroatoms. The van der Waals surface area contributed by atoms with Crippen LogP contribution in [0.1, 0.15) is 61.6 Å². The largest absolute Gasteiger partial charge is 0.357 e. The van der Waals surface area contributed by atoms with E-state index in [1.54, 1.807) is 16.2 Å². The fraction of sp³-hybridized carbons (Fsp3) is 0.286. The molecule has 0 saturated carbocycles. The molecule has 1 aliphatic carbocycles. The molecule has 168 valence electrons. The van der Waals surface area contributed by atoms with Gasteiger partial charge in [0.25, 0.3) is 0 Å². The highest BCUT2D eigenvalue weighted by atomic mass is 32.1. The molecule has 2 aromatic carbocycles. The third kappa shape index (κ3) is 3.91. The number of amides is 1. The van der Waals surface area contributed by atoms with E-state index in [2.05, 4.69) is 50.4 Å². The van der Waals surface area contributed by atoms with E-state index < -0.39 is 6.04 Å². The van der Waals surface area contributed by atoms with Crippen LogP contribution in [0, 0.1) is 0 Å². The first-order chi connectivity index (χ1) is 15.9. The Kier molecular flexibility index (Phi) is 5.45. The predicted octanol–water partition coefficient (Wildman–Crippen LogP) is 6.58. The molecule has 1 N–H and O–H groups in total. The van der Waals surface area contributed by atoms with Crippen LogP contribution in [-0.4, -0.2) is 12.2 Å². The van der Waals surface area contributed by atoms with Crippen molar-refractivity contribution in [1.29, 1.82) is 0 Å². The van der Waals surface area contributed by atoms with Crippen LogP contribution >= 0.6 is 11.3 Å². The number of thiophene rings is 1. The summed E-state index contributed by atoms with van der Waals surface area (Å²) in [5.74, 6) is 0.211. The van der Waals surface area contributed by atoms with Crippen molar-refractivity contribution in [2.45, 2.75) is 51.0 Å². The number of allylic oxidation sites excluding steroid dienone is 1. The van der Waals surface area contributed by atoms with Gasteiger partial charge in [-0.1, -0.05) is 63.2 Å². The van der Waals surface area contributed by atoms with E-state index in [9.17, 15) is 9.59 Å². The fourth-order valence-corrected chi connectivity index (χ4v) is 5.78. The summed E-state index contributed by atoms with van der Waals surface area (Å²) < 4.78 is 0. The Morgan fingerprint density at radius 3 is 2.42 bits per heavy atom. The van der Waals surface area contributed by atoms with E-state index in [4.69, 9.17) is 0 Å². The molecule has 1 aromatic heterocycles. The molecular weight excluding hydrogens is 428 g/mol. The lowest BCUT2D eigenvalue weighted by Gasteiger charge is -2.32. The highest BCUT2D eigenvalue weighted by molar-refractivity contribution is 7.10. The minimum Gasteiger partial charge on any atom is -0.357 e. The summed E-state index contributed by atoms with van der Waals surface area (Å²) in [7, 11) is 0. The number of fused-ring (bicyclic) bond motifs is 1. The number of ketones is 1. The SMILES string of the molecule is CC(C)(C)c1ccc([C@@H]2CC(=O)C3=C(C2)Nc2ccccc2N(C=O)[C@@H]3c2cccs2)cc1. The molecule has 1 amide bonds. The molecule has 3 aromatic rings. The van der Waals surface area contributed by atoms with Crippen molar-refractivity contribution in [3.63, 3.8) is 0 Å². The molecule has 2 heterocycles. The number of anilines is 2. The number of rotatable bonds is 3. The number of benzene rings is 2. The van der Waals surface area contributed by atoms with Gasteiger partial charge in [-0.15, -0.1) is 11.3 Å². The Morgan fingerprint density at radius 1 is 1.00 bits per heavy atom. The molecule has 33 heavy (non-hydrogen) atoms. The van der Waals surface area contributed by atoms with Crippen LogP contribution in [0.25, 0.3) is 0 Å². The summed E-state index contributed by atoms with van der Waals surface area (Å²) >= 11 is 1.58. The average molecular weight is 457 g/mol. The van der Waals surface area contributed by atoms with Crippen LogP contribution in [0.4, 0.5) is 11.4 Å². The molecule has 0 unspecified atom stereocenters. The quantitative estimate of drug-likeness (QED) is 0.453. The van der Waals surface area contributed by atoms with Crippen molar-refractivity contribution in [3.05, 3.63) is 93.3 Å². The lowest BCUT2D eigenvalue weighted by atomic mass is 9.78. The zero-order chi connectivity index (χ0) is 23.2. The number of para-hydroxylation sites is 2. The van der Waals surface area contributed by atoms with E-state index in [0.29, 0.717) is 12.0 Å². The number of hydrogen-bond acceptors (Lipinski definition) is 4. The van der Waals surface area contributed by atoms with Gasteiger partial charge in [0.05, 0.1) is 11.4 Å². The lowest BCUT2D eigenvalue weighted by molar-refractivity contribution is -0.116. The number of carbonyl (C=O) groups is 2. The van der Waals surface area contributed by atoms with E-state index in [-0.39, 0.29) is 17.1 Å². The zero-order valence-corrected chi connectivity index (χ0v) is 20.0. The number of carbonyl (C=O) groups excluding carboxylic acids is 2. The topological polar surface area (TPSA) is 49.4 Å². The molecular formula is C28H28N2O2S. The molecule has 2 atom stereocenters. The minimum atomic E-state index is -0.412. The monoisotopic (exact) mass is 456 g/mol. The molecule has 0 bridgehead atoms. The van der Waals surface area contributed by atoms with Gasteiger partial charge < -0.3 is 10.2 Å². The van der Waals surface area contributed by atoms with Gasteiger partial charge in [0, 0.05) is 22.6 Å². The first kappa shape index (κ1) is 21.7. The molecule has 0 fully saturated rings. The lowest BCUT2D eigenvalue weighted by Crippen LogP contribution is -2.32. The smallest absolute Gasteiger partial charge is 0.215 e. The molecule has 5 rings (SSSR count). The van der Waals surface area contributed by atoms with Crippen molar-refractivity contribution < 1.29 is 9.59 Å². The van der Waals surface area contributed by atoms with Gasteiger partial charge in [-0.2, -0.15) is 0 Å². The van der Waals surface area contributed by atoms with Gasteiger partial charge in [-0.05, 0) is 52.5 Å². The molecule has 1 aliphatic heterocycles. The summed E-state index contributed by atoms with van der Waals surface area (Å²) in [5.41, 5.74) is 5.84. The number of nitrogens with one attached hydrogen (secondary N) is 1. The van der Waals surface area contributed by atoms with Crippen molar-refractivity contribution in [2.24, 2.45) is 0 Å². The highest BCUT2D eigenvalue weighted by Crippen LogP contribution is 2.47. The first-order valence-corrected chi connectivity index (χ1v) is 12.2. The second-order valence-corrected chi connectivity index (χ2v) is 10.8. The number of Topliss-reactive ketones (excluding diaryl/α,β-unsaturated/α-hetero) is 1. The van der Waals surface area contributed by atoms with Gasteiger partial charge in [-0.3, -0.25) is 9.59 Å². The first-order valence-electron chi connectivity index (χ1n) is 11.4. The van der Waals surface area contributed by atoms with Crippen molar-refractivity contribution in [2.75, 3.05) is 10.2 Å². The fourth-order valence-electron chi connectivity index (χ4n) is 4.95. The van der Waals surface area contributed by atoms with E-state index in [1.807, 2.05) is 41.8 Å². The molecule has 0 radical (unpaired) electrons. The van der Waals surface area contributed by atoms with E-state index in [0.717, 1.165) is 34.8 Å². The predicted molar refractivity (Wildman–Crippen MR) is 135 cm³/mol. The summed E-state index contributed by atoms with van der Waals surface area (Å²) in [4.78, 5) is 28.7. The second-order valence-electron chi connectivity index (χ2n) is 9.87. The summed E-state index contributed by atoms with van der Waals surface area (Å²) in [6.07, 6.45) is 2.03. The Morgan fingerprint density at radius 2 is 1.76 bits per heavy atom. The van der Waals surface area contributed by atoms with Crippen molar-refractivity contribution >= 4 is 34.9 Å². The third-order valence-corrected chi connectivity index (χ3v) is 7.63. The van der Waals surface area contributed by atoms with Gasteiger partial charge in [0.1, 0.15) is 6.04 Å². The Balaban J connectivity index is 1.59. The molecule has 0 spiro atoms. The normalized spacial score (nSPS) is 20.6. The van der Waals surface area contributed by atoms with Crippen LogP contribution < -0.4 is 10.2 Å². The number of nitrogens with zero attached hydrogens (tertiary/aromatic N) is 1. The van der Waals surface area contributed by atoms with E-state index >= 15 is 0 Å². The second kappa shape index (κ2) is 8.31. The van der Waals surface area contributed by atoms with Crippen molar-refractivity contribution in [3.8, 4) is 0 Å². The Bertz CT molecular complexity index is 1220. The minimum absolute atomic E-state index is 0.0926. The average Bonchev–Trinajstić information content (AvgIpc) is 3.28. The van der Waals surface area contributed by atoms with Crippen LogP contribution in [-0.2, 0) is 15.0 Å². The summed E-state index contributed by atoms with van der Waals surface area (Å²) in [5, 5.41) is 5.54. The van der Waals surface area contributed by atoms with Crippen LogP contribution in [0.3, 0.4) is 0 Å². The maximum absolute atomic E-state index is 13.7. The van der Waals surface area contributed by atoms with Crippen LogP contribution in [0.15, 0.2) is 77.3 Å². The van der Waals surface area contributed by atoms with Crippen LogP contribution in [0.5, 0.6) is 0 Å². The summed E-state index contributed by atoms with van der Waals surface area (Å²) in [6, 6.07) is 20.1. The Labute approximate surface area is 198 Å². The van der Waals surface area contributed by atoms with Crippen LogP contribution in [0.2, 0.25) is 0 Å². The third-order valence-electron chi connectivity index (χ3n) is 6.70. The highest BCUT2D eigenvalue weighted by Gasteiger charge is 2.39. The van der Waals surface area contributed by atoms with Gasteiger partial charge in [0.15, 0.2) is 5.78 Å². The van der Waals surface area contributed by atoms with Crippen molar-refractivity contribution in [1.82, 2.24) is 0 Å². The molecule has 2 aliphatic rings. The van der Waals surface area contributed by atoms with E-state index in [1.165, 1.54) is 11.1 Å². The standard InChI is InChI=1S/C28H28N2O2S/c1-28(2,3)20-12-10-18(11-13-20)19-15-22-26(24(32)16-19)27(25-9-6-14-33-25)30(17-31)23-8-5-4-7-21(23)29-22/h4-14,17,19,27,29H,15-16H2,1-3H3/t19-,27+/m0/s1. The maximum Gasteiger partial charge on any atom is 0.215 e. The van der Waals surface area contributed by atoms with Gasteiger partial charge in [0.2, 0.25) is 6.41 Å². The molecule has 4 nitrogen and oxygen atoms in total. The Hall–Kier alpha value is -3.18. The van der Waals surface area contributed by atoms with Gasteiger partial charge in [-0.25, -0.2) is 0 Å².